The van der Waals surface area contributed by atoms with Gasteiger partial charge in [-0.05, 0) is 60.3 Å². The van der Waals surface area contributed by atoms with E-state index in [1.54, 1.807) is 19.2 Å². The molecular formula is C17H19NO3. The first-order valence-electron chi connectivity index (χ1n) is 7.08. The van der Waals surface area contributed by atoms with E-state index >= 15 is 0 Å². The highest BCUT2D eigenvalue weighted by Crippen LogP contribution is 2.34. The topological polar surface area (TPSA) is 61.7 Å². The zero-order valence-corrected chi connectivity index (χ0v) is 12.0. The SMILES string of the molecule is COc1ccc(C[C@@H]2NCCc3cc(O)c(O)cc32)cc1. The Labute approximate surface area is 124 Å². The fraction of sp³-hybridized carbons (Fsp3) is 0.294. The maximum absolute atomic E-state index is 9.73. The molecule has 0 aliphatic carbocycles. The molecule has 2 aromatic rings. The predicted molar refractivity (Wildman–Crippen MR) is 80.9 cm³/mol. The normalized spacial score (nSPS) is 17.3. The van der Waals surface area contributed by atoms with E-state index in [4.69, 9.17) is 4.74 Å². The summed E-state index contributed by atoms with van der Waals surface area (Å²) in [6.45, 7) is 0.873. The van der Waals surface area contributed by atoms with Gasteiger partial charge in [0, 0.05) is 6.04 Å². The number of hydrogen-bond acceptors (Lipinski definition) is 4. The summed E-state index contributed by atoms with van der Waals surface area (Å²) in [5.74, 6) is 0.745. The minimum Gasteiger partial charge on any atom is -0.504 e. The van der Waals surface area contributed by atoms with Crippen molar-refractivity contribution in [3.05, 3.63) is 53.1 Å². The molecule has 4 nitrogen and oxygen atoms in total. The van der Waals surface area contributed by atoms with Crippen LogP contribution in [0.25, 0.3) is 0 Å². The number of fused-ring (bicyclic) bond motifs is 1. The number of nitrogens with one attached hydrogen (secondary N) is 1. The van der Waals surface area contributed by atoms with Crippen LogP contribution in [0.3, 0.4) is 0 Å². The van der Waals surface area contributed by atoms with Crippen LogP contribution < -0.4 is 10.1 Å². The summed E-state index contributed by atoms with van der Waals surface area (Å²) in [5, 5.41) is 22.8. The number of ether oxygens (including phenoxy) is 1. The van der Waals surface area contributed by atoms with Crippen LogP contribution in [0.5, 0.6) is 17.2 Å². The molecule has 1 aliphatic heterocycles. The minimum absolute atomic E-state index is 0.0427. The van der Waals surface area contributed by atoms with Crippen molar-refractivity contribution in [2.45, 2.75) is 18.9 Å². The number of aromatic hydroxyl groups is 2. The van der Waals surface area contributed by atoms with Crippen molar-refractivity contribution in [3.63, 3.8) is 0 Å². The molecule has 0 radical (unpaired) electrons. The van der Waals surface area contributed by atoms with Gasteiger partial charge in [0.25, 0.3) is 0 Å². The summed E-state index contributed by atoms with van der Waals surface area (Å²) in [6.07, 6.45) is 1.70. The molecule has 3 rings (SSSR count). The molecule has 0 amide bonds. The third-order valence-electron chi connectivity index (χ3n) is 4.00. The van der Waals surface area contributed by atoms with Crippen LogP contribution in [0.15, 0.2) is 36.4 Å². The molecule has 1 atom stereocenters. The highest BCUT2D eigenvalue weighted by molar-refractivity contribution is 5.48. The van der Waals surface area contributed by atoms with Crippen molar-refractivity contribution in [3.8, 4) is 17.2 Å². The van der Waals surface area contributed by atoms with Gasteiger partial charge in [0.1, 0.15) is 5.75 Å². The van der Waals surface area contributed by atoms with E-state index in [0.717, 1.165) is 36.3 Å². The van der Waals surface area contributed by atoms with Crippen molar-refractivity contribution in [2.75, 3.05) is 13.7 Å². The molecular weight excluding hydrogens is 266 g/mol. The van der Waals surface area contributed by atoms with E-state index in [1.165, 1.54) is 5.56 Å². The van der Waals surface area contributed by atoms with E-state index in [-0.39, 0.29) is 17.5 Å². The Bertz CT molecular complexity index is 637. The van der Waals surface area contributed by atoms with Gasteiger partial charge in [-0.1, -0.05) is 12.1 Å². The molecule has 3 N–H and O–H groups in total. The number of benzene rings is 2. The Hall–Kier alpha value is -2.20. The quantitative estimate of drug-likeness (QED) is 0.758. The summed E-state index contributed by atoms with van der Waals surface area (Å²) >= 11 is 0. The van der Waals surface area contributed by atoms with Gasteiger partial charge in [-0.15, -0.1) is 0 Å². The second-order valence-corrected chi connectivity index (χ2v) is 5.35. The lowest BCUT2D eigenvalue weighted by atomic mass is 9.90. The van der Waals surface area contributed by atoms with Crippen LogP contribution in [0.4, 0.5) is 0 Å². The summed E-state index contributed by atoms with van der Waals surface area (Å²) in [5.41, 5.74) is 3.36. The Balaban J connectivity index is 1.85. The number of rotatable bonds is 3. The van der Waals surface area contributed by atoms with Crippen LogP contribution in [-0.4, -0.2) is 23.9 Å². The molecule has 2 aromatic carbocycles. The lowest BCUT2D eigenvalue weighted by molar-refractivity contribution is 0.398. The lowest BCUT2D eigenvalue weighted by Crippen LogP contribution is -2.31. The van der Waals surface area contributed by atoms with Gasteiger partial charge in [0.05, 0.1) is 7.11 Å². The van der Waals surface area contributed by atoms with E-state index in [9.17, 15) is 10.2 Å². The van der Waals surface area contributed by atoms with Crippen LogP contribution >= 0.6 is 0 Å². The smallest absolute Gasteiger partial charge is 0.157 e. The van der Waals surface area contributed by atoms with Gasteiger partial charge >= 0.3 is 0 Å². The first-order chi connectivity index (χ1) is 10.2. The molecule has 0 aromatic heterocycles. The fourth-order valence-corrected chi connectivity index (χ4v) is 2.85. The molecule has 0 unspecified atom stereocenters. The average molecular weight is 285 g/mol. The first kappa shape index (κ1) is 13.8. The van der Waals surface area contributed by atoms with Crippen molar-refractivity contribution in [1.82, 2.24) is 5.32 Å². The second-order valence-electron chi connectivity index (χ2n) is 5.35. The molecule has 0 fully saturated rings. The Morgan fingerprint density at radius 3 is 2.57 bits per heavy atom. The van der Waals surface area contributed by atoms with Crippen LogP contribution in [-0.2, 0) is 12.8 Å². The van der Waals surface area contributed by atoms with E-state index in [2.05, 4.69) is 17.4 Å². The summed E-state index contributed by atoms with van der Waals surface area (Å²) < 4.78 is 5.17. The third kappa shape index (κ3) is 2.81. The van der Waals surface area contributed by atoms with E-state index < -0.39 is 0 Å². The summed E-state index contributed by atoms with van der Waals surface area (Å²) in [7, 11) is 1.66. The second kappa shape index (κ2) is 5.66. The van der Waals surface area contributed by atoms with Gasteiger partial charge in [-0.3, -0.25) is 0 Å². The van der Waals surface area contributed by atoms with Crippen LogP contribution in [0.2, 0.25) is 0 Å². The summed E-state index contributed by atoms with van der Waals surface area (Å²) in [4.78, 5) is 0. The Morgan fingerprint density at radius 1 is 1.14 bits per heavy atom. The van der Waals surface area contributed by atoms with Gasteiger partial charge in [0.2, 0.25) is 0 Å². The maximum atomic E-state index is 9.73. The van der Waals surface area contributed by atoms with Crippen LogP contribution in [0.1, 0.15) is 22.7 Å². The minimum atomic E-state index is -0.0582. The van der Waals surface area contributed by atoms with Crippen LogP contribution in [0, 0.1) is 0 Å². The summed E-state index contributed by atoms with van der Waals surface area (Å²) in [6, 6.07) is 11.5. The number of phenolic OH excluding ortho intramolecular Hbond substituents is 2. The van der Waals surface area contributed by atoms with Crippen molar-refractivity contribution < 1.29 is 14.9 Å². The molecule has 21 heavy (non-hydrogen) atoms. The first-order valence-corrected chi connectivity index (χ1v) is 7.08. The molecule has 0 saturated carbocycles. The highest BCUT2D eigenvalue weighted by Gasteiger charge is 2.22. The molecule has 4 heteroatoms. The van der Waals surface area contributed by atoms with E-state index in [0.29, 0.717) is 0 Å². The Morgan fingerprint density at radius 2 is 1.86 bits per heavy atom. The third-order valence-corrected chi connectivity index (χ3v) is 4.00. The van der Waals surface area contributed by atoms with Gasteiger partial charge in [-0.2, -0.15) is 0 Å². The standard InChI is InChI=1S/C17H19NO3/c1-21-13-4-2-11(3-5-13)8-15-14-10-17(20)16(19)9-12(14)6-7-18-15/h2-5,9-10,15,18-20H,6-8H2,1H3/t15-/m0/s1. The van der Waals surface area contributed by atoms with E-state index in [1.807, 2.05) is 12.1 Å². The molecule has 110 valence electrons. The monoisotopic (exact) mass is 285 g/mol. The largest absolute Gasteiger partial charge is 0.504 e. The molecule has 1 heterocycles. The predicted octanol–water partition coefficient (Wildman–Crippen LogP) is 2.54. The molecule has 1 aliphatic rings. The highest BCUT2D eigenvalue weighted by atomic mass is 16.5. The molecule has 0 spiro atoms. The van der Waals surface area contributed by atoms with Crippen molar-refractivity contribution in [2.24, 2.45) is 0 Å². The zero-order chi connectivity index (χ0) is 14.8. The average Bonchev–Trinajstić information content (AvgIpc) is 2.50. The van der Waals surface area contributed by atoms with Gasteiger partial charge in [0.15, 0.2) is 11.5 Å². The molecule has 0 saturated heterocycles. The Kier molecular flexibility index (Phi) is 3.71. The van der Waals surface area contributed by atoms with Crippen molar-refractivity contribution in [1.29, 1.82) is 0 Å². The van der Waals surface area contributed by atoms with Crippen molar-refractivity contribution >= 4 is 0 Å². The number of methoxy groups -OCH3 is 1. The number of phenols is 2. The molecule has 0 bridgehead atoms. The zero-order valence-electron chi connectivity index (χ0n) is 12.0. The lowest BCUT2D eigenvalue weighted by Gasteiger charge is -2.27. The van der Waals surface area contributed by atoms with Gasteiger partial charge in [-0.25, -0.2) is 0 Å². The maximum Gasteiger partial charge on any atom is 0.157 e. The fourth-order valence-electron chi connectivity index (χ4n) is 2.85. The van der Waals surface area contributed by atoms with Gasteiger partial charge < -0.3 is 20.3 Å². The number of hydrogen-bond donors (Lipinski definition) is 3.